The summed E-state index contributed by atoms with van der Waals surface area (Å²) in [5, 5.41) is 4.18. The number of methoxy groups -OCH3 is 1. The predicted molar refractivity (Wildman–Crippen MR) is 108 cm³/mol. The van der Waals surface area contributed by atoms with Crippen LogP contribution in [0.2, 0.25) is 0 Å². The van der Waals surface area contributed by atoms with Gasteiger partial charge in [-0.05, 0) is 48.7 Å². The van der Waals surface area contributed by atoms with Gasteiger partial charge in [0.2, 0.25) is 5.91 Å². The molecule has 4 rings (SSSR count). The van der Waals surface area contributed by atoms with E-state index in [4.69, 9.17) is 9.57 Å². The lowest BCUT2D eigenvalue weighted by molar-refractivity contribution is -0.140. The Morgan fingerprint density at radius 2 is 1.97 bits per heavy atom. The molecule has 0 N–H and O–H groups in total. The molecule has 1 heterocycles. The summed E-state index contributed by atoms with van der Waals surface area (Å²) in [5.41, 5.74) is 2.02. The first kappa shape index (κ1) is 20.3. The van der Waals surface area contributed by atoms with E-state index >= 15 is 0 Å². The van der Waals surface area contributed by atoms with Crippen molar-refractivity contribution in [3.05, 3.63) is 65.2 Å². The van der Waals surface area contributed by atoms with Crippen LogP contribution in [-0.4, -0.2) is 36.3 Å². The second-order valence-electron chi connectivity index (χ2n) is 7.78. The summed E-state index contributed by atoms with van der Waals surface area (Å²) >= 11 is 0. The van der Waals surface area contributed by atoms with Crippen molar-refractivity contribution in [3.8, 4) is 5.75 Å². The van der Waals surface area contributed by atoms with Gasteiger partial charge in [-0.15, -0.1) is 0 Å². The highest BCUT2D eigenvalue weighted by Gasteiger charge is 2.33. The molecule has 158 valence electrons. The van der Waals surface area contributed by atoms with Crippen LogP contribution in [0.25, 0.3) is 0 Å². The summed E-state index contributed by atoms with van der Waals surface area (Å²) in [5.74, 6) is -0.564. The van der Waals surface area contributed by atoms with Gasteiger partial charge in [-0.1, -0.05) is 17.6 Å². The molecule has 1 amide bonds. The van der Waals surface area contributed by atoms with Gasteiger partial charge in [0.1, 0.15) is 17.4 Å². The summed E-state index contributed by atoms with van der Waals surface area (Å²) in [4.78, 5) is 20.1. The Morgan fingerprint density at radius 3 is 2.60 bits per heavy atom. The third-order valence-corrected chi connectivity index (χ3v) is 5.72. The average Bonchev–Trinajstić information content (AvgIpc) is 3.16. The molecule has 0 saturated heterocycles. The van der Waals surface area contributed by atoms with Crippen molar-refractivity contribution >= 4 is 11.6 Å². The van der Waals surface area contributed by atoms with Crippen LogP contribution >= 0.6 is 0 Å². The maximum absolute atomic E-state index is 14.2. The molecule has 7 heteroatoms. The predicted octanol–water partition coefficient (Wildman–Crippen LogP) is 4.30. The fourth-order valence-electron chi connectivity index (χ4n) is 3.73. The largest absolute Gasteiger partial charge is 0.497 e. The van der Waals surface area contributed by atoms with Crippen molar-refractivity contribution in [1.29, 1.82) is 0 Å². The van der Waals surface area contributed by atoms with Gasteiger partial charge in [-0.3, -0.25) is 4.79 Å². The van der Waals surface area contributed by atoms with Crippen LogP contribution < -0.4 is 4.74 Å². The summed E-state index contributed by atoms with van der Waals surface area (Å²) in [7, 11) is 1.61. The second-order valence-corrected chi connectivity index (χ2v) is 7.78. The lowest BCUT2D eigenvalue weighted by Crippen LogP contribution is -2.42. The minimum absolute atomic E-state index is 0.00790. The van der Waals surface area contributed by atoms with Gasteiger partial charge >= 0.3 is 0 Å². The van der Waals surface area contributed by atoms with Gasteiger partial charge in [0, 0.05) is 30.5 Å². The number of carbonyl (C=O) groups excluding carboxylic acids is 1. The molecule has 1 aliphatic carbocycles. The quantitative estimate of drug-likeness (QED) is 0.679. The first-order valence-corrected chi connectivity index (χ1v) is 10.1. The molecule has 2 aromatic carbocycles. The fourth-order valence-corrected chi connectivity index (χ4v) is 3.73. The van der Waals surface area contributed by atoms with Gasteiger partial charge in [-0.25, -0.2) is 8.78 Å². The third-order valence-electron chi connectivity index (χ3n) is 5.72. The monoisotopic (exact) mass is 414 g/mol. The molecular formula is C23H24F2N2O3. The van der Waals surface area contributed by atoms with E-state index in [2.05, 4.69) is 5.16 Å². The number of hydrogen-bond acceptors (Lipinski definition) is 4. The normalized spacial score (nSPS) is 18.4. The molecular weight excluding hydrogens is 390 g/mol. The first-order valence-electron chi connectivity index (χ1n) is 10.1. The van der Waals surface area contributed by atoms with E-state index < -0.39 is 11.6 Å². The minimum atomic E-state index is -0.649. The molecule has 0 unspecified atom stereocenters. The van der Waals surface area contributed by atoms with E-state index in [1.54, 1.807) is 12.0 Å². The van der Waals surface area contributed by atoms with Crippen molar-refractivity contribution in [2.24, 2.45) is 11.1 Å². The highest BCUT2D eigenvalue weighted by molar-refractivity contribution is 6.01. The molecule has 0 spiro atoms. The molecule has 5 nitrogen and oxygen atoms in total. The Kier molecular flexibility index (Phi) is 5.97. The molecule has 1 atom stereocenters. The summed E-state index contributed by atoms with van der Waals surface area (Å²) in [6.45, 7) is 0.383. The van der Waals surface area contributed by atoms with E-state index in [0.29, 0.717) is 18.5 Å². The van der Waals surface area contributed by atoms with Crippen molar-refractivity contribution in [1.82, 2.24) is 4.90 Å². The number of nitrogens with zero attached hydrogens (tertiary/aromatic N) is 2. The molecule has 0 radical (unpaired) electrons. The number of hydrogen-bond donors (Lipinski definition) is 0. The van der Waals surface area contributed by atoms with Gasteiger partial charge in [0.05, 0.1) is 19.4 Å². The Bertz CT molecular complexity index is 942. The molecule has 0 bridgehead atoms. The standard InChI is InChI=1S/C23H24F2N2O3/c1-29-19-9-6-15(7-10-19)22-12-20(30-26-22)14-27(23(28)16-3-2-4-16)13-17-5-8-18(24)11-21(17)25/h5-11,16,20H,2-4,12-14H2,1H3/t20-/m1/s1. The zero-order valence-corrected chi connectivity index (χ0v) is 16.8. The fraction of sp³-hybridized carbons (Fsp3) is 0.391. The van der Waals surface area contributed by atoms with E-state index in [-0.39, 0.29) is 24.5 Å². The maximum Gasteiger partial charge on any atom is 0.226 e. The topological polar surface area (TPSA) is 51.1 Å². The number of amides is 1. The second kappa shape index (κ2) is 8.81. The number of carbonyl (C=O) groups is 1. The summed E-state index contributed by atoms with van der Waals surface area (Å²) in [6.07, 6.45) is 2.96. The SMILES string of the molecule is COc1ccc(C2=NO[C@@H](CN(Cc3ccc(F)cc3F)C(=O)C3CCC3)C2)cc1. The van der Waals surface area contributed by atoms with Crippen molar-refractivity contribution in [2.75, 3.05) is 13.7 Å². The van der Waals surface area contributed by atoms with Crippen LogP contribution in [0.4, 0.5) is 8.78 Å². The van der Waals surface area contributed by atoms with Crippen molar-refractivity contribution in [3.63, 3.8) is 0 Å². The summed E-state index contributed by atoms with van der Waals surface area (Å²) in [6, 6.07) is 11.0. The first-order chi connectivity index (χ1) is 14.5. The minimum Gasteiger partial charge on any atom is -0.497 e. The van der Waals surface area contributed by atoms with Crippen LogP contribution in [0, 0.1) is 17.6 Å². The molecule has 1 saturated carbocycles. The van der Waals surface area contributed by atoms with E-state index in [0.717, 1.165) is 42.4 Å². The number of halogens is 2. The molecule has 30 heavy (non-hydrogen) atoms. The Morgan fingerprint density at radius 1 is 1.20 bits per heavy atom. The van der Waals surface area contributed by atoms with Crippen LogP contribution in [0.15, 0.2) is 47.6 Å². The third kappa shape index (κ3) is 4.45. The van der Waals surface area contributed by atoms with Crippen LogP contribution in [0.1, 0.15) is 36.8 Å². The van der Waals surface area contributed by atoms with Crippen LogP contribution in [0.5, 0.6) is 5.75 Å². The van der Waals surface area contributed by atoms with Crippen LogP contribution in [0.3, 0.4) is 0 Å². The number of ether oxygens (including phenoxy) is 1. The van der Waals surface area contributed by atoms with Gasteiger partial charge < -0.3 is 14.5 Å². The Hall–Kier alpha value is -2.96. The van der Waals surface area contributed by atoms with E-state index in [1.807, 2.05) is 24.3 Å². The molecule has 2 aliphatic rings. The van der Waals surface area contributed by atoms with Gasteiger partial charge in [0.15, 0.2) is 6.10 Å². The number of rotatable bonds is 7. The number of benzene rings is 2. The average molecular weight is 414 g/mol. The highest BCUT2D eigenvalue weighted by atomic mass is 19.1. The molecule has 0 aromatic heterocycles. The lowest BCUT2D eigenvalue weighted by Gasteiger charge is -2.32. The number of oxime groups is 1. The smallest absolute Gasteiger partial charge is 0.226 e. The molecule has 2 aromatic rings. The van der Waals surface area contributed by atoms with Gasteiger partial charge in [0.25, 0.3) is 0 Å². The lowest BCUT2D eigenvalue weighted by atomic mass is 9.84. The Labute approximate surface area is 174 Å². The van der Waals surface area contributed by atoms with E-state index in [9.17, 15) is 13.6 Å². The zero-order valence-electron chi connectivity index (χ0n) is 16.8. The van der Waals surface area contributed by atoms with Crippen molar-refractivity contribution < 1.29 is 23.1 Å². The van der Waals surface area contributed by atoms with Gasteiger partial charge in [-0.2, -0.15) is 0 Å². The molecule has 1 aliphatic heterocycles. The highest BCUT2D eigenvalue weighted by Crippen LogP contribution is 2.30. The van der Waals surface area contributed by atoms with Crippen molar-refractivity contribution in [2.45, 2.75) is 38.3 Å². The van der Waals surface area contributed by atoms with Crippen LogP contribution in [-0.2, 0) is 16.2 Å². The maximum atomic E-state index is 14.2. The zero-order chi connectivity index (χ0) is 21.1. The Balaban J connectivity index is 1.44. The van der Waals surface area contributed by atoms with E-state index in [1.165, 1.54) is 12.1 Å². The molecule has 1 fully saturated rings. The summed E-state index contributed by atoms with van der Waals surface area (Å²) < 4.78 is 32.6.